The number of benzene rings is 2. The Morgan fingerprint density at radius 1 is 0.762 bits per heavy atom. The zero-order valence-corrected chi connectivity index (χ0v) is 24.3. The number of carbonyl (C=O) groups excluding carboxylic acids is 4. The summed E-state index contributed by atoms with van der Waals surface area (Å²) >= 11 is 0. The molecule has 10 heteroatoms. The van der Waals surface area contributed by atoms with Crippen LogP contribution in [0, 0.1) is 10.8 Å². The van der Waals surface area contributed by atoms with E-state index in [4.69, 9.17) is 24.7 Å². The predicted octanol–water partition coefficient (Wildman–Crippen LogP) is 3.62. The molecule has 2 aromatic rings. The van der Waals surface area contributed by atoms with Gasteiger partial charge in [0.15, 0.2) is 0 Å². The van der Waals surface area contributed by atoms with Crippen LogP contribution >= 0.6 is 0 Å². The number of rotatable bonds is 10. The fourth-order valence-electron chi connectivity index (χ4n) is 5.95. The minimum Gasteiger partial charge on any atom is -0.459 e. The van der Waals surface area contributed by atoms with Crippen LogP contribution in [0.2, 0.25) is 0 Å². The fraction of sp³-hybridized carbons (Fsp3) is 0.500. The molecule has 0 aromatic heterocycles. The molecule has 1 saturated carbocycles. The van der Waals surface area contributed by atoms with E-state index in [0.29, 0.717) is 43.7 Å². The molecule has 5 rings (SSSR count). The third kappa shape index (κ3) is 7.24. The Labute approximate surface area is 245 Å². The second kappa shape index (κ2) is 11.9. The van der Waals surface area contributed by atoms with Gasteiger partial charge in [0, 0.05) is 17.2 Å². The van der Waals surface area contributed by atoms with Crippen LogP contribution in [0.1, 0.15) is 81.5 Å². The number of imide groups is 1. The van der Waals surface area contributed by atoms with Gasteiger partial charge in [-0.15, -0.1) is 0 Å². The van der Waals surface area contributed by atoms with Crippen molar-refractivity contribution in [3.05, 3.63) is 70.8 Å². The maximum absolute atomic E-state index is 14.1. The van der Waals surface area contributed by atoms with Gasteiger partial charge in [-0.05, 0) is 85.2 Å². The molecule has 224 valence electrons. The van der Waals surface area contributed by atoms with Crippen LogP contribution in [-0.4, -0.2) is 79.9 Å². The van der Waals surface area contributed by atoms with Crippen molar-refractivity contribution in [3.63, 3.8) is 0 Å². The van der Waals surface area contributed by atoms with Gasteiger partial charge >= 0.3 is 11.9 Å². The monoisotopic (exact) mass is 578 g/mol. The number of carbonyl (C=O) groups is 4. The molecule has 1 aliphatic carbocycles. The number of hydrogen-bond acceptors (Lipinski definition) is 9. The largest absolute Gasteiger partial charge is 0.459 e. The standard InChI is InChI=1S/C32H38N2O8/c1-31(2)12-24(13-32(3,18-31)19-33)34(27(35)20-4-8-22(9-5-20)29(37)41-16-25-14-39-25)28(36)21-6-10-23(11-7-21)30(38)42-17-26-15-40-26/h4-11,24-26H,12-19,33H2,1-3H3. The summed E-state index contributed by atoms with van der Waals surface area (Å²) in [7, 11) is 0. The van der Waals surface area contributed by atoms with Gasteiger partial charge in [-0.2, -0.15) is 0 Å². The average molecular weight is 579 g/mol. The van der Waals surface area contributed by atoms with Gasteiger partial charge in [-0.1, -0.05) is 20.8 Å². The van der Waals surface area contributed by atoms with Crippen LogP contribution in [0.3, 0.4) is 0 Å². The highest BCUT2D eigenvalue weighted by molar-refractivity contribution is 6.11. The smallest absolute Gasteiger partial charge is 0.338 e. The lowest BCUT2D eigenvalue weighted by molar-refractivity contribution is 0.0181. The molecular weight excluding hydrogens is 540 g/mol. The van der Waals surface area contributed by atoms with E-state index in [-0.39, 0.29) is 47.4 Å². The van der Waals surface area contributed by atoms with Crippen LogP contribution in [0.15, 0.2) is 48.5 Å². The van der Waals surface area contributed by atoms with Gasteiger partial charge in [0.1, 0.15) is 25.4 Å². The van der Waals surface area contributed by atoms with Gasteiger partial charge in [0.2, 0.25) is 0 Å². The summed E-state index contributed by atoms with van der Waals surface area (Å²) in [4.78, 5) is 54.2. The summed E-state index contributed by atoms with van der Waals surface area (Å²) < 4.78 is 20.6. The molecule has 2 aliphatic heterocycles. The summed E-state index contributed by atoms with van der Waals surface area (Å²) in [6.45, 7) is 8.29. The molecule has 0 radical (unpaired) electrons. The lowest BCUT2D eigenvalue weighted by atomic mass is 9.62. The predicted molar refractivity (Wildman–Crippen MR) is 152 cm³/mol. The van der Waals surface area contributed by atoms with Crippen molar-refractivity contribution in [2.75, 3.05) is 33.0 Å². The van der Waals surface area contributed by atoms with Crippen molar-refractivity contribution in [3.8, 4) is 0 Å². The van der Waals surface area contributed by atoms with Gasteiger partial charge in [0.25, 0.3) is 11.8 Å². The second-order valence-electron chi connectivity index (χ2n) is 12.7. The maximum Gasteiger partial charge on any atom is 0.338 e. The minimum atomic E-state index is -0.506. The Morgan fingerprint density at radius 3 is 1.55 bits per heavy atom. The molecule has 42 heavy (non-hydrogen) atoms. The molecule has 2 N–H and O–H groups in total. The summed E-state index contributed by atoms with van der Waals surface area (Å²) in [5.74, 6) is -1.95. The van der Waals surface area contributed by atoms with Crippen LogP contribution < -0.4 is 5.73 Å². The Kier molecular flexibility index (Phi) is 8.50. The molecule has 0 bridgehead atoms. The number of ether oxygens (including phenoxy) is 4. The van der Waals surface area contributed by atoms with E-state index in [1.165, 1.54) is 53.4 Å². The van der Waals surface area contributed by atoms with Crippen LogP contribution in [0.25, 0.3) is 0 Å². The fourth-order valence-corrected chi connectivity index (χ4v) is 5.95. The number of nitrogens with zero attached hydrogens (tertiary/aromatic N) is 1. The summed E-state index contributed by atoms with van der Waals surface area (Å²) in [5, 5.41) is 0. The highest BCUT2D eigenvalue weighted by Crippen LogP contribution is 2.47. The first-order valence-electron chi connectivity index (χ1n) is 14.3. The van der Waals surface area contributed by atoms with Crippen LogP contribution in [-0.2, 0) is 18.9 Å². The number of epoxide rings is 2. The van der Waals surface area contributed by atoms with Gasteiger partial charge in [0.05, 0.1) is 24.3 Å². The van der Waals surface area contributed by atoms with E-state index in [9.17, 15) is 19.2 Å². The minimum absolute atomic E-state index is 0.0506. The van der Waals surface area contributed by atoms with Crippen molar-refractivity contribution in [2.45, 2.75) is 58.3 Å². The van der Waals surface area contributed by atoms with Crippen molar-refractivity contribution < 1.29 is 38.1 Å². The quantitative estimate of drug-likeness (QED) is 0.254. The lowest BCUT2D eigenvalue weighted by Gasteiger charge is -2.49. The third-order valence-corrected chi connectivity index (χ3v) is 8.06. The van der Waals surface area contributed by atoms with Crippen LogP contribution in [0.4, 0.5) is 0 Å². The normalized spacial score (nSPS) is 25.7. The SMILES string of the molecule is CC1(C)CC(N(C(=O)c2ccc(C(=O)OCC3CO3)cc2)C(=O)c2ccc(C(=O)OCC3CO3)cc2)CC(C)(CN)C1. The van der Waals surface area contributed by atoms with E-state index in [2.05, 4.69) is 20.8 Å². The maximum atomic E-state index is 14.1. The Morgan fingerprint density at radius 2 is 1.17 bits per heavy atom. The van der Waals surface area contributed by atoms with E-state index in [0.717, 1.165) is 6.42 Å². The zero-order valence-electron chi connectivity index (χ0n) is 24.3. The van der Waals surface area contributed by atoms with E-state index in [1.807, 2.05) is 0 Å². The van der Waals surface area contributed by atoms with Crippen molar-refractivity contribution in [2.24, 2.45) is 16.6 Å². The van der Waals surface area contributed by atoms with Crippen molar-refractivity contribution in [1.29, 1.82) is 0 Å². The summed E-state index contributed by atoms with van der Waals surface area (Å²) in [6, 6.07) is 11.8. The molecule has 2 heterocycles. The lowest BCUT2D eigenvalue weighted by Crippen LogP contribution is -2.53. The van der Waals surface area contributed by atoms with Gasteiger partial charge in [-0.25, -0.2) is 9.59 Å². The van der Waals surface area contributed by atoms with Gasteiger partial charge < -0.3 is 24.7 Å². The first-order chi connectivity index (χ1) is 20.0. The number of amides is 2. The second-order valence-corrected chi connectivity index (χ2v) is 12.7. The Balaban J connectivity index is 1.39. The highest BCUT2D eigenvalue weighted by atomic mass is 16.6. The molecule has 4 unspecified atom stereocenters. The first kappa shape index (κ1) is 29.9. The van der Waals surface area contributed by atoms with Crippen LogP contribution in [0.5, 0.6) is 0 Å². The topological polar surface area (TPSA) is 141 Å². The molecular formula is C32H38N2O8. The third-order valence-electron chi connectivity index (χ3n) is 8.06. The van der Waals surface area contributed by atoms with E-state index in [1.54, 1.807) is 0 Å². The Hall–Kier alpha value is -3.60. The summed E-state index contributed by atoms with van der Waals surface area (Å²) in [5.41, 5.74) is 6.91. The van der Waals surface area contributed by atoms with E-state index < -0.39 is 29.8 Å². The summed E-state index contributed by atoms with van der Waals surface area (Å²) in [6.07, 6.45) is 1.94. The molecule has 2 aromatic carbocycles. The molecule has 3 fully saturated rings. The van der Waals surface area contributed by atoms with Crippen molar-refractivity contribution in [1.82, 2.24) is 4.90 Å². The van der Waals surface area contributed by atoms with Crippen molar-refractivity contribution >= 4 is 23.8 Å². The first-order valence-corrected chi connectivity index (χ1v) is 14.3. The number of hydrogen-bond donors (Lipinski definition) is 1. The van der Waals surface area contributed by atoms with E-state index >= 15 is 0 Å². The molecule has 0 spiro atoms. The average Bonchev–Trinajstić information content (AvgIpc) is 3.89. The zero-order chi connectivity index (χ0) is 30.1. The molecule has 3 aliphatic rings. The number of nitrogens with two attached hydrogens (primary N) is 1. The number of esters is 2. The Bertz CT molecular complexity index is 1250. The van der Waals surface area contributed by atoms with Gasteiger partial charge in [-0.3, -0.25) is 14.5 Å². The molecule has 4 atom stereocenters. The molecule has 2 amide bonds. The molecule has 10 nitrogen and oxygen atoms in total. The molecule has 2 saturated heterocycles. The highest BCUT2D eigenvalue weighted by Gasteiger charge is 2.45.